The molecule has 0 radical (unpaired) electrons. The number of methoxy groups -OCH3 is 1. The van der Waals surface area contributed by atoms with Crippen LogP contribution in [0.5, 0.6) is 5.75 Å². The molecule has 27 heavy (non-hydrogen) atoms. The van der Waals surface area contributed by atoms with Gasteiger partial charge in [-0.15, -0.1) is 0 Å². The van der Waals surface area contributed by atoms with Crippen LogP contribution in [0.4, 0.5) is 4.39 Å². The first-order chi connectivity index (χ1) is 12.9. The SMILES string of the molecule is COc1ccc(CN(Cc2cn(C)c(=O)n(C)c2=O)[C@H]2CCNC2)cc1F. The molecule has 7 nitrogen and oxygen atoms in total. The summed E-state index contributed by atoms with van der Waals surface area (Å²) in [6.45, 7) is 2.61. The number of aryl methyl sites for hydroxylation is 1. The highest BCUT2D eigenvalue weighted by Crippen LogP contribution is 2.21. The van der Waals surface area contributed by atoms with Gasteiger partial charge in [0.15, 0.2) is 11.6 Å². The minimum absolute atomic E-state index is 0.208. The van der Waals surface area contributed by atoms with Crippen LogP contribution in [0.15, 0.2) is 34.0 Å². The van der Waals surface area contributed by atoms with Crippen LogP contribution in [0.25, 0.3) is 0 Å². The molecule has 0 spiro atoms. The Hall–Kier alpha value is -2.45. The van der Waals surface area contributed by atoms with Crippen LogP contribution in [-0.4, -0.2) is 40.3 Å². The van der Waals surface area contributed by atoms with E-state index in [0.29, 0.717) is 18.7 Å². The van der Waals surface area contributed by atoms with Crippen LogP contribution < -0.4 is 21.3 Å². The fraction of sp³-hybridized carbons (Fsp3) is 0.474. The highest BCUT2D eigenvalue weighted by Gasteiger charge is 2.24. The van der Waals surface area contributed by atoms with Crippen molar-refractivity contribution in [1.82, 2.24) is 19.4 Å². The van der Waals surface area contributed by atoms with E-state index >= 15 is 0 Å². The van der Waals surface area contributed by atoms with Crippen molar-refractivity contribution in [2.75, 3.05) is 20.2 Å². The third-order valence-electron chi connectivity index (χ3n) is 5.04. The Labute approximate surface area is 157 Å². The molecule has 3 rings (SSSR count). The van der Waals surface area contributed by atoms with Crippen molar-refractivity contribution in [2.24, 2.45) is 14.1 Å². The summed E-state index contributed by atoms with van der Waals surface area (Å²) in [5.41, 5.74) is 0.701. The van der Waals surface area contributed by atoms with Gasteiger partial charge in [-0.1, -0.05) is 6.07 Å². The zero-order valence-corrected chi connectivity index (χ0v) is 15.9. The minimum atomic E-state index is -0.405. The second kappa shape index (κ2) is 8.06. The minimum Gasteiger partial charge on any atom is -0.494 e. The van der Waals surface area contributed by atoms with E-state index in [0.717, 1.165) is 29.6 Å². The zero-order valence-electron chi connectivity index (χ0n) is 15.9. The number of nitrogens with zero attached hydrogens (tertiary/aromatic N) is 3. The maximum atomic E-state index is 14.1. The van der Waals surface area contributed by atoms with Gasteiger partial charge in [0.1, 0.15) is 0 Å². The lowest BCUT2D eigenvalue weighted by atomic mass is 10.1. The summed E-state index contributed by atoms with van der Waals surface area (Å²) in [5.74, 6) is -0.197. The number of aromatic nitrogens is 2. The molecule has 1 aliphatic heterocycles. The molecule has 0 aliphatic carbocycles. The number of nitrogens with one attached hydrogen (secondary N) is 1. The van der Waals surface area contributed by atoms with Gasteiger partial charge in [-0.05, 0) is 30.7 Å². The molecule has 1 aromatic heterocycles. The van der Waals surface area contributed by atoms with Crippen molar-refractivity contribution in [1.29, 1.82) is 0 Å². The van der Waals surface area contributed by atoms with E-state index in [1.165, 1.54) is 24.8 Å². The van der Waals surface area contributed by atoms with Crippen molar-refractivity contribution in [3.05, 3.63) is 62.2 Å². The second-order valence-corrected chi connectivity index (χ2v) is 6.93. The largest absolute Gasteiger partial charge is 0.494 e. The number of ether oxygens (including phenoxy) is 1. The zero-order chi connectivity index (χ0) is 19.6. The molecule has 1 atom stereocenters. The van der Waals surface area contributed by atoms with E-state index in [1.54, 1.807) is 19.3 Å². The summed E-state index contributed by atoms with van der Waals surface area (Å²) < 4.78 is 21.6. The van der Waals surface area contributed by atoms with Crippen LogP contribution in [0.3, 0.4) is 0 Å². The van der Waals surface area contributed by atoms with E-state index in [-0.39, 0.29) is 23.0 Å². The Kier molecular flexibility index (Phi) is 5.76. The van der Waals surface area contributed by atoms with Gasteiger partial charge in [0, 0.05) is 51.5 Å². The average molecular weight is 376 g/mol. The van der Waals surface area contributed by atoms with Crippen LogP contribution >= 0.6 is 0 Å². The normalized spacial score (nSPS) is 16.9. The Morgan fingerprint density at radius 3 is 2.70 bits per heavy atom. The number of hydrogen-bond donors (Lipinski definition) is 1. The summed E-state index contributed by atoms with van der Waals surface area (Å²) in [6.07, 6.45) is 2.54. The third kappa shape index (κ3) is 4.12. The molecule has 2 aromatic rings. The van der Waals surface area contributed by atoms with Crippen molar-refractivity contribution in [2.45, 2.75) is 25.6 Å². The summed E-state index contributed by atoms with van der Waals surface area (Å²) >= 11 is 0. The van der Waals surface area contributed by atoms with Crippen LogP contribution in [-0.2, 0) is 27.2 Å². The molecular formula is C19H25FN4O3. The maximum absolute atomic E-state index is 14.1. The topological polar surface area (TPSA) is 68.5 Å². The van der Waals surface area contributed by atoms with Gasteiger partial charge < -0.3 is 14.6 Å². The fourth-order valence-corrected chi connectivity index (χ4v) is 3.52. The molecular weight excluding hydrogens is 351 g/mol. The Bertz CT molecular complexity index is 932. The number of rotatable bonds is 6. The molecule has 0 bridgehead atoms. The quantitative estimate of drug-likeness (QED) is 0.800. The second-order valence-electron chi connectivity index (χ2n) is 6.93. The molecule has 1 N–H and O–H groups in total. The molecule has 0 saturated carbocycles. The summed E-state index contributed by atoms with van der Waals surface area (Å²) in [4.78, 5) is 26.6. The summed E-state index contributed by atoms with van der Waals surface area (Å²) in [5, 5.41) is 3.33. The van der Waals surface area contributed by atoms with E-state index < -0.39 is 5.82 Å². The Morgan fingerprint density at radius 2 is 2.07 bits per heavy atom. The Balaban J connectivity index is 1.90. The van der Waals surface area contributed by atoms with E-state index in [2.05, 4.69) is 10.2 Å². The first-order valence-electron chi connectivity index (χ1n) is 8.93. The molecule has 1 aromatic carbocycles. The molecule has 2 heterocycles. The Morgan fingerprint density at radius 1 is 1.30 bits per heavy atom. The third-order valence-corrected chi connectivity index (χ3v) is 5.04. The van der Waals surface area contributed by atoms with Crippen molar-refractivity contribution in [3.8, 4) is 5.75 Å². The number of hydrogen-bond acceptors (Lipinski definition) is 5. The highest BCUT2D eigenvalue weighted by atomic mass is 19.1. The number of halogens is 1. The maximum Gasteiger partial charge on any atom is 0.330 e. The molecule has 0 unspecified atom stereocenters. The average Bonchev–Trinajstić information content (AvgIpc) is 3.18. The van der Waals surface area contributed by atoms with Crippen molar-refractivity contribution < 1.29 is 9.13 Å². The molecule has 8 heteroatoms. The summed E-state index contributed by atoms with van der Waals surface area (Å²) in [6, 6.07) is 5.14. The van der Waals surface area contributed by atoms with Crippen LogP contribution in [0.1, 0.15) is 17.5 Å². The lowest BCUT2D eigenvalue weighted by Crippen LogP contribution is -2.42. The number of benzene rings is 1. The molecule has 146 valence electrons. The lowest BCUT2D eigenvalue weighted by Gasteiger charge is -2.28. The van der Waals surface area contributed by atoms with E-state index in [9.17, 15) is 14.0 Å². The fourth-order valence-electron chi connectivity index (χ4n) is 3.52. The first-order valence-corrected chi connectivity index (χ1v) is 8.93. The van der Waals surface area contributed by atoms with E-state index in [1.807, 2.05) is 6.07 Å². The summed E-state index contributed by atoms with van der Waals surface area (Å²) in [7, 11) is 4.55. The predicted octanol–water partition coefficient (Wildman–Crippen LogP) is 0.596. The molecule has 1 aliphatic rings. The van der Waals surface area contributed by atoms with Gasteiger partial charge in [0.2, 0.25) is 0 Å². The van der Waals surface area contributed by atoms with Crippen LogP contribution in [0, 0.1) is 5.82 Å². The van der Waals surface area contributed by atoms with Gasteiger partial charge >= 0.3 is 5.69 Å². The standard InChI is InChI=1S/C19H25FN4O3/c1-22-11-14(18(25)23(2)19(22)26)12-24(15-6-7-21-9-15)10-13-4-5-17(27-3)16(20)8-13/h4-5,8,11,15,21H,6-7,9-10,12H2,1-3H3/t15-/m0/s1. The van der Waals surface area contributed by atoms with Crippen LogP contribution in [0.2, 0.25) is 0 Å². The first kappa shape index (κ1) is 19.3. The van der Waals surface area contributed by atoms with Gasteiger partial charge in [0.25, 0.3) is 5.56 Å². The monoisotopic (exact) mass is 376 g/mol. The van der Waals surface area contributed by atoms with Gasteiger partial charge in [-0.2, -0.15) is 0 Å². The van der Waals surface area contributed by atoms with Gasteiger partial charge in [-0.25, -0.2) is 9.18 Å². The van der Waals surface area contributed by atoms with Crippen molar-refractivity contribution >= 4 is 0 Å². The van der Waals surface area contributed by atoms with E-state index in [4.69, 9.17) is 4.74 Å². The van der Waals surface area contributed by atoms with Gasteiger partial charge in [-0.3, -0.25) is 14.3 Å². The smallest absolute Gasteiger partial charge is 0.330 e. The lowest BCUT2D eigenvalue weighted by molar-refractivity contribution is 0.188. The molecule has 1 fully saturated rings. The molecule has 1 saturated heterocycles. The molecule has 0 amide bonds. The predicted molar refractivity (Wildman–Crippen MR) is 100 cm³/mol. The van der Waals surface area contributed by atoms with Gasteiger partial charge in [0.05, 0.1) is 7.11 Å². The van der Waals surface area contributed by atoms with Crippen molar-refractivity contribution in [3.63, 3.8) is 0 Å². The highest BCUT2D eigenvalue weighted by molar-refractivity contribution is 5.29.